The number of carbonyl (C=O) groups excluding carboxylic acids is 1. The van der Waals surface area contributed by atoms with Crippen LogP contribution >= 0.6 is 0 Å². The lowest BCUT2D eigenvalue weighted by Gasteiger charge is -2.21. The van der Waals surface area contributed by atoms with E-state index in [2.05, 4.69) is 0 Å². The van der Waals surface area contributed by atoms with Crippen molar-refractivity contribution in [1.82, 2.24) is 0 Å². The van der Waals surface area contributed by atoms with E-state index < -0.39 is 5.41 Å². The highest BCUT2D eigenvalue weighted by Gasteiger charge is 2.28. The number of benzene rings is 1. The average molecular weight is 222 g/mol. The van der Waals surface area contributed by atoms with Gasteiger partial charge in [-0.1, -0.05) is 30.3 Å². The minimum atomic E-state index is -0.621. The van der Waals surface area contributed by atoms with Crippen LogP contribution in [0.1, 0.15) is 25.8 Å². The van der Waals surface area contributed by atoms with Crippen LogP contribution in [0.4, 0.5) is 0 Å². The quantitative estimate of drug-likeness (QED) is 0.776. The van der Waals surface area contributed by atoms with Crippen molar-refractivity contribution >= 4 is 5.97 Å². The Kier molecular flexibility index (Phi) is 4.50. The maximum absolute atomic E-state index is 11.7. The number of aliphatic hydroxyl groups excluding tert-OH is 1. The average Bonchev–Trinajstić information content (AvgIpc) is 2.27. The molecule has 0 radical (unpaired) electrons. The third-order valence-corrected chi connectivity index (χ3v) is 2.50. The number of hydrogen-bond acceptors (Lipinski definition) is 3. The summed E-state index contributed by atoms with van der Waals surface area (Å²) in [6.45, 7) is 3.83. The molecule has 0 bridgehead atoms. The Morgan fingerprint density at radius 3 is 2.50 bits per heavy atom. The van der Waals surface area contributed by atoms with Crippen molar-refractivity contribution in [2.75, 3.05) is 6.61 Å². The van der Waals surface area contributed by atoms with Crippen molar-refractivity contribution in [2.24, 2.45) is 5.41 Å². The number of carbonyl (C=O) groups is 1. The van der Waals surface area contributed by atoms with Gasteiger partial charge in [0.2, 0.25) is 0 Å². The maximum Gasteiger partial charge on any atom is 0.311 e. The van der Waals surface area contributed by atoms with E-state index >= 15 is 0 Å². The summed E-state index contributed by atoms with van der Waals surface area (Å²) in [5.41, 5.74) is 0.347. The van der Waals surface area contributed by atoms with Crippen LogP contribution in [0.15, 0.2) is 30.3 Å². The molecule has 0 saturated carbocycles. The first kappa shape index (κ1) is 12.7. The number of esters is 1. The molecule has 0 unspecified atom stereocenters. The molecule has 0 aliphatic heterocycles. The van der Waals surface area contributed by atoms with Gasteiger partial charge < -0.3 is 9.84 Å². The van der Waals surface area contributed by atoms with Crippen LogP contribution in [0.3, 0.4) is 0 Å². The lowest BCUT2D eigenvalue weighted by molar-refractivity contribution is -0.156. The van der Waals surface area contributed by atoms with E-state index in [9.17, 15) is 4.79 Å². The highest BCUT2D eigenvalue weighted by atomic mass is 16.5. The lowest BCUT2D eigenvalue weighted by atomic mass is 9.90. The molecule has 1 aromatic rings. The molecule has 0 spiro atoms. The van der Waals surface area contributed by atoms with E-state index in [1.807, 2.05) is 30.3 Å². The van der Waals surface area contributed by atoms with Crippen LogP contribution in [-0.4, -0.2) is 17.7 Å². The van der Waals surface area contributed by atoms with Gasteiger partial charge in [0.25, 0.3) is 0 Å². The summed E-state index contributed by atoms with van der Waals surface area (Å²) in [7, 11) is 0. The molecule has 0 saturated heterocycles. The molecule has 1 aromatic carbocycles. The van der Waals surface area contributed by atoms with Crippen LogP contribution in [0.2, 0.25) is 0 Å². The molecule has 0 aromatic heterocycles. The summed E-state index contributed by atoms with van der Waals surface area (Å²) < 4.78 is 5.20. The van der Waals surface area contributed by atoms with E-state index in [4.69, 9.17) is 9.84 Å². The minimum absolute atomic E-state index is 0.00651. The van der Waals surface area contributed by atoms with Gasteiger partial charge >= 0.3 is 5.97 Å². The molecular formula is C13H18O3. The second-order valence-electron chi connectivity index (χ2n) is 4.42. The van der Waals surface area contributed by atoms with Crippen LogP contribution < -0.4 is 0 Å². The SMILES string of the molecule is CC(C)(CCO)C(=O)OCc1ccccc1. The first-order chi connectivity index (χ1) is 7.56. The van der Waals surface area contributed by atoms with Crippen molar-refractivity contribution in [3.63, 3.8) is 0 Å². The van der Waals surface area contributed by atoms with Crippen molar-refractivity contribution in [3.05, 3.63) is 35.9 Å². The summed E-state index contributed by atoms with van der Waals surface area (Å²) >= 11 is 0. The zero-order valence-corrected chi connectivity index (χ0v) is 9.77. The van der Waals surface area contributed by atoms with Crippen LogP contribution in [0.5, 0.6) is 0 Å². The first-order valence-corrected chi connectivity index (χ1v) is 5.38. The second kappa shape index (κ2) is 5.66. The summed E-state index contributed by atoms with van der Waals surface area (Å²) in [6.07, 6.45) is 0.417. The van der Waals surface area contributed by atoms with Gasteiger partial charge in [0.1, 0.15) is 6.61 Å². The molecule has 0 aliphatic rings. The molecule has 0 fully saturated rings. The molecular weight excluding hydrogens is 204 g/mol. The zero-order valence-electron chi connectivity index (χ0n) is 9.77. The number of rotatable bonds is 5. The Labute approximate surface area is 96.1 Å². The van der Waals surface area contributed by atoms with E-state index in [-0.39, 0.29) is 19.2 Å². The fraction of sp³-hybridized carbons (Fsp3) is 0.462. The van der Waals surface area contributed by atoms with E-state index in [0.29, 0.717) is 6.42 Å². The van der Waals surface area contributed by atoms with Gasteiger partial charge in [0.05, 0.1) is 5.41 Å². The lowest BCUT2D eigenvalue weighted by Crippen LogP contribution is -2.27. The number of hydrogen-bond donors (Lipinski definition) is 1. The standard InChI is InChI=1S/C13H18O3/c1-13(2,8-9-14)12(15)16-10-11-6-4-3-5-7-11/h3-7,14H,8-10H2,1-2H3. The molecule has 1 N–H and O–H groups in total. The normalized spacial score (nSPS) is 11.2. The molecule has 16 heavy (non-hydrogen) atoms. The smallest absolute Gasteiger partial charge is 0.311 e. The van der Waals surface area contributed by atoms with Gasteiger partial charge in [-0.3, -0.25) is 4.79 Å². The van der Waals surface area contributed by atoms with E-state index in [1.165, 1.54) is 0 Å². The topological polar surface area (TPSA) is 46.5 Å². The van der Waals surface area contributed by atoms with Gasteiger partial charge in [0, 0.05) is 6.61 Å². The zero-order chi connectivity index (χ0) is 12.0. The van der Waals surface area contributed by atoms with E-state index in [1.54, 1.807) is 13.8 Å². The Morgan fingerprint density at radius 1 is 1.31 bits per heavy atom. The van der Waals surface area contributed by atoms with Crippen molar-refractivity contribution in [3.8, 4) is 0 Å². The second-order valence-corrected chi connectivity index (χ2v) is 4.42. The molecule has 0 heterocycles. The monoisotopic (exact) mass is 222 g/mol. The van der Waals surface area contributed by atoms with Crippen LogP contribution in [-0.2, 0) is 16.1 Å². The largest absolute Gasteiger partial charge is 0.460 e. The fourth-order valence-electron chi connectivity index (χ4n) is 1.30. The Balaban J connectivity index is 2.47. The molecule has 1 rings (SSSR count). The summed E-state index contributed by atoms with van der Waals surface area (Å²) in [6, 6.07) is 9.55. The Hall–Kier alpha value is -1.35. The molecule has 0 aliphatic carbocycles. The van der Waals surface area contributed by atoms with Crippen LogP contribution in [0.25, 0.3) is 0 Å². The predicted molar refractivity (Wildman–Crippen MR) is 61.7 cm³/mol. The maximum atomic E-state index is 11.7. The van der Waals surface area contributed by atoms with Crippen molar-refractivity contribution in [2.45, 2.75) is 26.9 Å². The molecule has 3 heteroatoms. The number of ether oxygens (including phenoxy) is 1. The predicted octanol–water partition coefficient (Wildman–Crippen LogP) is 2.14. The van der Waals surface area contributed by atoms with Crippen LogP contribution in [0, 0.1) is 5.41 Å². The van der Waals surface area contributed by atoms with Gasteiger partial charge in [0.15, 0.2) is 0 Å². The highest BCUT2D eigenvalue weighted by molar-refractivity contribution is 5.75. The summed E-state index contributed by atoms with van der Waals surface area (Å²) in [4.78, 5) is 11.7. The van der Waals surface area contributed by atoms with Gasteiger partial charge in [-0.15, -0.1) is 0 Å². The van der Waals surface area contributed by atoms with E-state index in [0.717, 1.165) is 5.56 Å². The summed E-state index contributed by atoms with van der Waals surface area (Å²) in [5.74, 6) is -0.273. The van der Waals surface area contributed by atoms with Gasteiger partial charge in [-0.25, -0.2) is 0 Å². The molecule has 3 nitrogen and oxygen atoms in total. The first-order valence-electron chi connectivity index (χ1n) is 5.38. The Bertz CT molecular complexity index is 330. The summed E-state index contributed by atoms with van der Waals surface area (Å²) in [5, 5.41) is 8.83. The minimum Gasteiger partial charge on any atom is -0.460 e. The van der Waals surface area contributed by atoms with Crippen molar-refractivity contribution in [1.29, 1.82) is 0 Å². The molecule has 0 amide bonds. The third-order valence-electron chi connectivity index (χ3n) is 2.50. The van der Waals surface area contributed by atoms with Gasteiger partial charge in [-0.2, -0.15) is 0 Å². The molecule has 0 atom stereocenters. The van der Waals surface area contributed by atoms with Crippen molar-refractivity contribution < 1.29 is 14.6 Å². The Morgan fingerprint density at radius 2 is 1.94 bits per heavy atom. The third kappa shape index (κ3) is 3.66. The molecule has 88 valence electrons. The van der Waals surface area contributed by atoms with Gasteiger partial charge in [-0.05, 0) is 25.8 Å². The fourth-order valence-corrected chi connectivity index (χ4v) is 1.30. The number of aliphatic hydroxyl groups is 1. The highest BCUT2D eigenvalue weighted by Crippen LogP contribution is 2.22.